The number of unbranched alkanes of at least 4 members (excludes halogenated alkanes) is 8. The zero-order valence-corrected chi connectivity index (χ0v) is 18.9. The van der Waals surface area contributed by atoms with Gasteiger partial charge in [0, 0.05) is 0 Å². The molecule has 4 heteroatoms. The van der Waals surface area contributed by atoms with Crippen LogP contribution in [0.3, 0.4) is 0 Å². The summed E-state index contributed by atoms with van der Waals surface area (Å²) in [5, 5.41) is 0. The van der Waals surface area contributed by atoms with E-state index in [1.54, 1.807) is 0 Å². The Labute approximate surface area is 174 Å². The second kappa shape index (κ2) is 20.7. The van der Waals surface area contributed by atoms with Crippen LogP contribution in [0.5, 0.6) is 0 Å². The van der Waals surface area contributed by atoms with Crippen molar-refractivity contribution in [2.24, 2.45) is 5.92 Å². The molecule has 0 aromatic carbocycles. The Morgan fingerprint density at radius 2 is 1.29 bits per heavy atom. The van der Waals surface area contributed by atoms with Crippen molar-refractivity contribution in [2.45, 2.75) is 130 Å². The molecule has 2 unspecified atom stereocenters. The Balaban J connectivity index is 3.60. The van der Waals surface area contributed by atoms with E-state index in [0.717, 1.165) is 77.0 Å². The molecule has 0 aliphatic rings. The summed E-state index contributed by atoms with van der Waals surface area (Å²) in [6, 6.07) is 0. The molecule has 0 bridgehead atoms. The van der Waals surface area contributed by atoms with Gasteiger partial charge in [-0.1, -0.05) is 85.0 Å². The molecule has 0 fully saturated rings. The number of carbonyl (C=O) groups is 2. The topological polar surface area (TPSA) is 52.6 Å². The first-order valence-electron chi connectivity index (χ1n) is 11.9. The van der Waals surface area contributed by atoms with Gasteiger partial charge < -0.3 is 9.47 Å². The minimum Gasteiger partial charge on any atom is -0.465 e. The minimum absolute atomic E-state index is 0.0190. The number of esters is 1. The van der Waals surface area contributed by atoms with Crippen LogP contribution in [0.1, 0.15) is 124 Å². The van der Waals surface area contributed by atoms with E-state index >= 15 is 0 Å². The zero-order valence-electron chi connectivity index (χ0n) is 18.9. The van der Waals surface area contributed by atoms with Crippen LogP contribution in [0.25, 0.3) is 0 Å². The lowest BCUT2D eigenvalue weighted by molar-refractivity contribution is -0.149. The molecule has 0 aliphatic heterocycles. The van der Waals surface area contributed by atoms with Gasteiger partial charge >= 0.3 is 5.97 Å². The van der Waals surface area contributed by atoms with Crippen LogP contribution >= 0.6 is 0 Å². The van der Waals surface area contributed by atoms with Gasteiger partial charge in [-0.05, 0) is 38.5 Å². The van der Waals surface area contributed by atoms with Gasteiger partial charge in [0.2, 0.25) is 0 Å². The van der Waals surface area contributed by atoms with Crippen LogP contribution in [-0.2, 0) is 19.1 Å². The first-order valence-corrected chi connectivity index (χ1v) is 11.9. The molecule has 0 rings (SSSR count). The molecule has 166 valence electrons. The molecule has 0 heterocycles. The Bertz CT molecular complexity index is 357. The standard InChI is InChI=1S/C24H46O4/c1-4-7-17-22(16-6-3)24(26)27-20-15-13-11-9-10-12-14-19-23(28-21-25)18-8-5-2/h21-23H,4-20H2,1-3H3. The Morgan fingerprint density at radius 3 is 1.89 bits per heavy atom. The molecule has 0 spiro atoms. The lowest BCUT2D eigenvalue weighted by Gasteiger charge is -2.15. The lowest BCUT2D eigenvalue weighted by Crippen LogP contribution is -2.18. The van der Waals surface area contributed by atoms with Gasteiger partial charge in [0.1, 0.15) is 6.10 Å². The molecular weight excluding hydrogens is 352 g/mol. The van der Waals surface area contributed by atoms with E-state index in [2.05, 4.69) is 20.8 Å². The number of hydrogen-bond donors (Lipinski definition) is 0. The number of ether oxygens (including phenoxy) is 2. The highest BCUT2D eigenvalue weighted by Gasteiger charge is 2.18. The maximum absolute atomic E-state index is 12.2. The molecule has 28 heavy (non-hydrogen) atoms. The molecule has 0 aromatic rings. The van der Waals surface area contributed by atoms with Crippen molar-refractivity contribution in [1.29, 1.82) is 0 Å². The van der Waals surface area contributed by atoms with Crippen molar-refractivity contribution in [1.82, 2.24) is 0 Å². The highest BCUT2D eigenvalue weighted by atomic mass is 16.5. The van der Waals surface area contributed by atoms with Gasteiger partial charge in [-0.3, -0.25) is 9.59 Å². The van der Waals surface area contributed by atoms with E-state index in [9.17, 15) is 9.59 Å². The number of rotatable bonds is 21. The second-order valence-electron chi connectivity index (χ2n) is 8.06. The van der Waals surface area contributed by atoms with Gasteiger partial charge in [0.25, 0.3) is 6.47 Å². The average Bonchev–Trinajstić information content (AvgIpc) is 2.70. The normalized spacial score (nSPS) is 13.1. The predicted octanol–water partition coefficient (Wildman–Crippen LogP) is 6.99. The third-order valence-electron chi connectivity index (χ3n) is 5.42. The van der Waals surface area contributed by atoms with Crippen LogP contribution in [0.2, 0.25) is 0 Å². The summed E-state index contributed by atoms with van der Waals surface area (Å²) < 4.78 is 10.7. The van der Waals surface area contributed by atoms with E-state index in [1.807, 2.05) is 0 Å². The van der Waals surface area contributed by atoms with Gasteiger partial charge in [0.05, 0.1) is 12.5 Å². The van der Waals surface area contributed by atoms with E-state index < -0.39 is 0 Å². The predicted molar refractivity (Wildman–Crippen MR) is 116 cm³/mol. The Hall–Kier alpha value is -1.06. The summed E-state index contributed by atoms with van der Waals surface area (Å²) >= 11 is 0. The summed E-state index contributed by atoms with van der Waals surface area (Å²) in [6.07, 6.45) is 17.7. The number of carbonyl (C=O) groups excluding carboxylic acids is 2. The van der Waals surface area contributed by atoms with Crippen molar-refractivity contribution < 1.29 is 19.1 Å². The fourth-order valence-corrected chi connectivity index (χ4v) is 3.62. The lowest BCUT2D eigenvalue weighted by atomic mass is 9.97. The molecule has 2 atom stereocenters. The maximum atomic E-state index is 12.2. The van der Waals surface area contributed by atoms with Crippen molar-refractivity contribution in [3.05, 3.63) is 0 Å². The maximum Gasteiger partial charge on any atom is 0.308 e. The summed E-state index contributed by atoms with van der Waals surface area (Å²) in [4.78, 5) is 22.7. The summed E-state index contributed by atoms with van der Waals surface area (Å²) in [6.45, 7) is 7.63. The average molecular weight is 399 g/mol. The molecule has 4 nitrogen and oxygen atoms in total. The van der Waals surface area contributed by atoms with Crippen LogP contribution < -0.4 is 0 Å². The molecule has 0 saturated carbocycles. The monoisotopic (exact) mass is 398 g/mol. The summed E-state index contributed by atoms with van der Waals surface area (Å²) in [5.74, 6) is 0.125. The van der Waals surface area contributed by atoms with Crippen molar-refractivity contribution in [3.8, 4) is 0 Å². The molecular formula is C24H46O4. The highest BCUT2D eigenvalue weighted by molar-refractivity contribution is 5.72. The van der Waals surface area contributed by atoms with Crippen LogP contribution in [0.4, 0.5) is 0 Å². The van der Waals surface area contributed by atoms with E-state index in [1.165, 1.54) is 25.7 Å². The molecule has 0 radical (unpaired) electrons. The highest BCUT2D eigenvalue weighted by Crippen LogP contribution is 2.17. The first kappa shape index (κ1) is 26.9. The molecule has 0 amide bonds. The third-order valence-corrected chi connectivity index (χ3v) is 5.42. The second-order valence-corrected chi connectivity index (χ2v) is 8.06. The van der Waals surface area contributed by atoms with Gasteiger partial charge in [0.15, 0.2) is 0 Å². The first-order chi connectivity index (χ1) is 13.7. The van der Waals surface area contributed by atoms with Gasteiger partial charge in [-0.25, -0.2) is 0 Å². The summed E-state index contributed by atoms with van der Waals surface area (Å²) in [5.41, 5.74) is 0. The number of hydrogen-bond acceptors (Lipinski definition) is 4. The van der Waals surface area contributed by atoms with Crippen molar-refractivity contribution in [3.63, 3.8) is 0 Å². The van der Waals surface area contributed by atoms with Crippen LogP contribution in [-0.4, -0.2) is 25.2 Å². The summed E-state index contributed by atoms with van der Waals surface area (Å²) in [7, 11) is 0. The third kappa shape index (κ3) is 15.9. The van der Waals surface area contributed by atoms with Gasteiger partial charge in [-0.15, -0.1) is 0 Å². The zero-order chi connectivity index (χ0) is 20.9. The molecule has 0 aliphatic carbocycles. The molecule has 0 aromatic heterocycles. The van der Waals surface area contributed by atoms with Gasteiger partial charge in [-0.2, -0.15) is 0 Å². The van der Waals surface area contributed by atoms with E-state index in [0.29, 0.717) is 13.1 Å². The molecule has 0 saturated heterocycles. The largest absolute Gasteiger partial charge is 0.465 e. The fourth-order valence-electron chi connectivity index (χ4n) is 3.62. The minimum atomic E-state index is 0.0190. The van der Waals surface area contributed by atoms with Crippen LogP contribution in [0, 0.1) is 5.92 Å². The quantitative estimate of drug-likeness (QED) is 0.119. The smallest absolute Gasteiger partial charge is 0.308 e. The van der Waals surface area contributed by atoms with Crippen molar-refractivity contribution >= 4 is 12.4 Å². The molecule has 0 N–H and O–H groups in total. The van der Waals surface area contributed by atoms with Crippen LogP contribution in [0.15, 0.2) is 0 Å². The van der Waals surface area contributed by atoms with Crippen molar-refractivity contribution in [2.75, 3.05) is 6.61 Å². The van der Waals surface area contributed by atoms with E-state index in [-0.39, 0.29) is 18.0 Å². The Kier molecular flexibility index (Phi) is 19.9. The fraction of sp³-hybridized carbons (Fsp3) is 0.917. The Morgan fingerprint density at radius 1 is 0.714 bits per heavy atom. The van der Waals surface area contributed by atoms with E-state index in [4.69, 9.17) is 9.47 Å². The SMILES string of the molecule is CCCCC(CCCCCCCCCOC(=O)C(CCC)CCCC)OC=O.